The van der Waals surface area contributed by atoms with Gasteiger partial charge >= 0.3 is 0 Å². The van der Waals surface area contributed by atoms with Gasteiger partial charge in [0.1, 0.15) is 18.0 Å². The minimum Gasteiger partial charge on any atom is -0.497 e. The molecule has 1 saturated heterocycles. The molecule has 0 saturated carbocycles. The fraction of sp³-hybridized carbons (Fsp3) is 0.441. The lowest BCUT2D eigenvalue weighted by Gasteiger charge is -2.38. The SMILES string of the molecule is COc1ccc(C[C@@](C=O)(C(=O)CC=N)N(C(=O)/C=C/CC(O)C(C)C2OC2c2ccccc2)C(=O)C(O)CC(C)C)cc1. The summed E-state index contributed by atoms with van der Waals surface area (Å²) in [6, 6.07) is 16.1. The quantitative estimate of drug-likeness (QED) is 0.0810. The number of benzene rings is 2. The van der Waals surface area contributed by atoms with Gasteiger partial charge in [-0.3, -0.25) is 19.3 Å². The first-order valence-corrected chi connectivity index (χ1v) is 14.7. The van der Waals surface area contributed by atoms with Gasteiger partial charge in [-0.1, -0.05) is 69.3 Å². The van der Waals surface area contributed by atoms with Crippen LogP contribution in [0.25, 0.3) is 0 Å². The highest BCUT2D eigenvalue weighted by Gasteiger charge is 2.50. The number of hydrogen-bond donors (Lipinski definition) is 3. The summed E-state index contributed by atoms with van der Waals surface area (Å²) in [7, 11) is 1.48. The van der Waals surface area contributed by atoms with E-state index in [0.29, 0.717) is 16.2 Å². The Morgan fingerprint density at radius 1 is 1.07 bits per heavy atom. The van der Waals surface area contributed by atoms with E-state index in [1.54, 1.807) is 38.1 Å². The van der Waals surface area contributed by atoms with Crippen LogP contribution in [-0.2, 0) is 30.3 Å². The third-order valence-corrected chi connectivity index (χ3v) is 7.83. The van der Waals surface area contributed by atoms with Crippen molar-refractivity contribution in [3.63, 3.8) is 0 Å². The highest BCUT2D eigenvalue weighted by Crippen LogP contribution is 2.44. The van der Waals surface area contributed by atoms with Gasteiger partial charge in [0.05, 0.1) is 19.3 Å². The number of carbonyl (C=O) groups is 4. The van der Waals surface area contributed by atoms with E-state index in [-0.39, 0.29) is 49.6 Å². The van der Waals surface area contributed by atoms with Crippen LogP contribution < -0.4 is 4.74 Å². The van der Waals surface area contributed by atoms with Crippen LogP contribution >= 0.6 is 0 Å². The normalized spacial score (nSPS) is 19.4. The van der Waals surface area contributed by atoms with Crippen molar-refractivity contribution in [2.24, 2.45) is 11.8 Å². The molecule has 236 valence electrons. The Kier molecular flexibility index (Phi) is 12.3. The second kappa shape index (κ2) is 15.7. The molecule has 10 nitrogen and oxygen atoms in total. The predicted octanol–water partition coefficient (Wildman–Crippen LogP) is 3.63. The number of nitrogens with one attached hydrogen (secondary N) is 1. The van der Waals surface area contributed by atoms with E-state index in [4.69, 9.17) is 14.9 Å². The second-order valence-electron chi connectivity index (χ2n) is 11.6. The van der Waals surface area contributed by atoms with E-state index < -0.39 is 41.8 Å². The Hall–Kier alpha value is -3.99. The number of nitrogens with zero attached hydrogens (tertiary/aromatic N) is 1. The standard InChI is InChI=1S/C34H42N2O8/c1-22(2)19-28(39)33(42)36(34(21-37,29(40)17-18-35)20-24-13-15-26(43-4)16-14-24)30(41)12-8-11-27(38)23(3)31-32(44-31)25-9-6-5-7-10-25/h5-10,12-16,18,21-23,27-28,31-32,35,38-39H,11,17,19-20H2,1-4H3/b12-8+,35-18?/t23?,27?,28?,31?,32?,34-/m1/s1. The molecule has 1 heterocycles. The summed E-state index contributed by atoms with van der Waals surface area (Å²) in [5.41, 5.74) is -0.877. The predicted molar refractivity (Wildman–Crippen MR) is 164 cm³/mol. The Labute approximate surface area is 258 Å². The molecule has 3 N–H and O–H groups in total. The molecule has 2 amide bonds. The van der Waals surface area contributed by atoms with Crippen molar-refractivity contribution in [2.75, 3.05) is 7.11 Å². The van der Waals surface area contributed by atoms with Crippen LogP contribution in [0.4, 0.5) is 0 Å². The summed E-state index contributed by atoms with van der Waals surface area (Å²) < 4.78 is 11.0. The molecule has 0 radical (unpaired) electrons. The molecule has 2 aromatic carbocycles. The zero-order valence-electron chi connectivity index (χ0n) is 25.6. The van der Waals surface area contributed by atoms with Crippen molar-refractivity contribution in [3.05, 3.63) is 77.9 Å². The first kappa shape index (κ1) is 34.5. The molecular weight excluding hydrogens is 564 g/mol. The molecule has 2 aromatic rings. The number of aliphatic hydroxyl groups is 2. The van der Waals surface area contributed by atoms with E-state index in [9.17, 15) is 29.4 Å². The maximum Gasteiger partial charge on any atom is 0.259 e. The molecule has 1 fully saturated rings. The van der Waals surface area contributed by atoms with Gasteiger partial charge in [-0.05, 0) is 48.1 Å². The lowest BCUT2D eigenvalue weighted by atomic mass is 9.83. The molecule has 0 bridgehead atoms. The average Bonchev–Trinajstić information content (AvgIpc) is 3.82. The third kappa shape index (κ3) is 8.34. The number of aldehydes is 1. The number of epoxide rings is 1. The van der Waals surface area contributed by atoms with Gasteiger partial charge in [0, 0.05) is 25.0 Å². The zero-order chi connectivity index (χ0) is 32.4. The van der Waals surface area contributed by atoms with Crippen LogP contribution in [-0.4, -0.2) is 76.2 Å². The number of hydrogen-bond acceptors (Lipinski definition) is 9. The van der Waals surface area contributed by atoms with E-state index >= 15 is 0 Å². The summed E-state index contributed by atoms with van der Waals surface area (Å²) in [5.74, 6) is -2.83. The number of rotatable bonds is 17. The molecule has 1 aliphatic heterocycles. The number of imide groups is 1. The molecule has 0 aromatic heterocycles. The van der Waals surface area contributed by atoms with E-state index in [1.807, 2.05) is 37.3 Å². The van der Waals surface area contributed by atoms with Gasteiger partial charge in [0.2, 0.25) is 0 Å². The molecule has 6 atom stereocenters. The first-order chi connectivity index (χ1) is 21.0. The van der Waals surface area contributed by atoms with Crippen LogP contribution in [0.5, 0.6) is 5.75 Å². The Morgan fingerprint density at radius 2 is 1.73 bits per heavy atom. The number of carbonyl (C=O) groups excluding carboxylic acids is 4. The van der Waals surface area contributed by atoms with Gasteiger partial charge in [0.15, 0.2) is 17.6 Å². The van der Waals surface area contributed by atoms with Crippen molar-refractivity contribution in [2.45, 2.75) is 76.4 Å². The lowest BCUT2D eigenvalue weighted by molar-refractivity contribution is -0.162. The number of amides is 2. The Bertz CT molecular complexity index is 1330. The zero-order valence-corrected chi connectivity index (χ0v) is 25.6. The number of Topliss-reactive ketones (excluding diaryl/α,β-unsaturated/α-hetero) is 1. The van der Waals surface area contributed by atoms with E-state index in [2.05, 4.69) is 0 Å². The number of ether oxygens (including phenoxy) is 2. The van der Waals surface area contributed by atoms with Crippen LogP contribution in [0.2, 0.25) is 0 Å². The van der Waals surface area contributed by atoms with Crippen LogP contribution in [0.1, 0.15) is 57.3 Å². The molecular formula is C34H42N2O8. The second-order valence-corrected chi connectivity index (χ2v) is 11.6. The van der Waals surface area contributed by atoms with Gasteiger partial charge in [-0.15, -0.1) is 0 Å². The van der Waals surface area contributed by atoms with Gasteiger partial charge in [0.25, 0.3) is 11.8 Å². The fourth-order valence-corrected chi connectivity index (χ4v) is 5.24. The van der Waals surface area contributed by atoms with Crippen molar-refractivity contribution in [3.8, 4) is 5.75 Å². The molecule has 0 aliphatic carbocycles. The fourth-order valence-electron chi connectivity index (χ4n) is 5.24. The number of aliphatic hydroxyl groups excluding tert-OH is 2. The van der Waals surface area contributed by atoms with Crippen molar-refractivity contribution in [1.82, 2.24) is 4.90 Å². The van der Waals surface area contributed by atoms with Gasteiger partial charge < -0.3 is 29.9 Å². The maximum absolute atomic E-state index is 13.7. The topological polar surface area (TPSA) is 158 Å². The summed E-state index contributed by atoms with van der Waals surface area (Å²) in [4.78, 5) is 54.3. The largest absolute Gasteiger partial charge is 0.497 e. The molecule has 10 heteroatoms. The summed E-state index contributed by atoms with van der Waals surface area (Å²) in [6.07, 6.45) is -0.310. The highest BCUT2D eigenvalue weighted by molar-refractivity contribution is 6.16. The monoisotopic (exact) mass is 606 g/mol. The molecule has 0 spiro atoms. The average molecular weight is 607 g/mol. The van der Waals surface area contributed by atoms with E-state index in [1.165, 1.54) is 13.2 Å². The number of ketones is 1. The smallest absolute Gasteiger partial charge is 0.259 e. The minimum absolute atomic E-state index is 0.0112. The molecule has 3 rings (SSSR count). The Balaban J connectivity index is 1.89. The molecule has 1 aliphatic rings. The van der Waals surface area contributed by atoms with Crippen molar-refractivity contribution in [1.29, 1.82) is 5.41 Å². The summed E-state index contributed by atoms with van der Waals surface area (Å²) >= 11 is 0. The molecule has 5 unspecified atom stereocenters. The Morgan fingerprint density at radius 3 is 2.30 bits per heavy atom. The van der Waals surface area contributed by atoms with Gasteiger partial charge in [-0.2, -0.15) is 0 Å². The maximum atomic E-state index is 13.7. The van der Waals surface area contributed by atoms with Crippen LogP contribution in [0.3, 0.4) is 0 Å². The van der Waals surface area contributed by atoms with Crippen LogP contribution in [0.15, 0.2) is 66.7 Å². The number of methoxy groups -OCH3 is 1. The summed E-state index contributed by atoms with van der Waals surface area (Å²) in [5, 5.41) is 29.1. The minimum atomic E-state index is -2.33. The lowest BCUT2D eigenvalue weighted by Crippen LogP contribution is -2.63. The van der Waals surface area contributed by atoms with Crippen LogP contribution in [0, 0.1) is 17.2 Å². The molecule has 44 heavy (non-hydrogen) atoms. The summed E-state index contributed by atoms with van der Waals surface area (Å²) in [6.45, 7) is 5.40. The van der Waals surface area contributed by atoms with Gasteiger partial charge in [-0.25, -0.2) is 0 Å². The van der Waals surface area contributed by atoms with Crippen molar-refractivity contribution >= 4 is 30.1 Å². The third-order valence-electron chi connectivity index (χ3n) is 7.83. The van der Waals surface area contributed by atoms with E-state index in [0.717, 1.165) is 17.9 Å². The first-order valence-electron chi connectivity index (χ1n) is 14.7. The van der Waals surface area contributed by atoms with Crippen molar-refractivity contribution < 1.29 is 38.9 Å². The highest BCUT2D eigenvalue weighted by atomic mass is 16.6.